The van der Waals surface area contributed by atoms with E-state index in [4.69, 9.17) is 5.11 Å². The molecule has 0 saturated carbocycles. The SMILES string of the molecule is CNS(=O)(=O)NCCc1ccc(O)cc1. The first-order valence-corrected chi connectivity index (χ1v) is 5.98. The molecule has 3 N–H and O–H groups in total. The van der Waals surface area contributed by atoms with E-state index in [0.29, 0.717) is 13.0 Å². The Morgan fingerprint density at radius 1 is 1.27 bits per heavy atom. The molecule has 0 spiro atoms. The van der Waals surface area contributed by atoms with Gasteiger partial charge in [-0.05, 0) is 24.1 Å². The van der Waals surface area contributed by atoms with Gasteiger partial charge in [-0.15, -0.1) is 0 Å². The van der Waals surface area contributed by atoms with E-state index in [2.05, 4.69) is 9.44 Å². The molecular formula is C9H14N2O3S. The van der Waals surface area contributed by atoms with Crippen LogP contribution in [0.4, 0.5) is 0 Å². The van der Waals surface area contributed by atoms with Crippen molar-refractivity contribution in [2.24, 2.45) is 0 Å². The quantitative estimate of drug-likeness (QED) is 0.665. The summed E-state index contributed by atoms with van der Waals surface area (Å²) in [5.41, 5.74) is 0.964. The standard InChI is InChI=1S/C9H14N2O3S/c1-10-15(13,14)11-7-6-8-2-4-9(12)5-3-8/h2-5,10-12H,6-7H2,1H3. The Kier molecular flexibility index (Phi) is 4.07. The first-order chi connectivity index (χ1) is 7.03. The minimum absolute atomic E-state index is 0.203. The molecule has 15 heavy (non-hydrogen) atoms. The second-order valence-corrected chi connectivity index (χ2v) is 4.72. The zero-order valence-corrected chi connectivity index (χ0v) is 9.21. The van der Waals surface area contributed by atoms with Crippen LogP contribution in [0.15, 0.2) is 24.3 Å². The fraction of sp³-hybridized carbons (Fsp3) is 0.333. The fourth-order valence-electron chi connectivity index (χ4n) is 1.06. The van der Waals surface area contributed by atoms with Gasteiger partial charge in [0.15, 0.2) is 0 Å². The summed E-state index contributed by atoms with van der Waals surface area (Å²) in [5, 5.41) is 9.03. The first-order valence-electron chi connectivity index (χ1n) is 4.49. The van der Waals surface area contributed by atoms with Crippen LogP contribution in [0.3, 0.4) is 0 Å². The molecule has 84 valence electrons. The highest BCUT2D eigenvalue weighted by Gasteiger charge is 2.03. The highest BCUT2D eigenvalue weighted by atomic mass is 32.2. The van der Waals surface area contributed by atoms with Gasteiger partial charge in [-0.3, -0.25) is 0 Å². The number of phenols is 1. The predicted octanol–water partition coefficient (Wildman–Crippen LogP) is -0.0115. The molecule has 0 aliphatic heterocycles. The minimum atomic E-state index is -3.35. The Morgan fingerprint density at radius 2 is 1.87 bits per heavy atom. The van der Waals surface area contributed by atoms with Gasteiger partial charge in [-0.2, -0.15) is 8.42 Å². The van der Waals surface area contributed by atoms with Crippen molar-refractivity contribution in [1.29, 1.82) is 0 Å². The Morgan fingerprint density at radius 3 is 2.40 bits per heavy atom. The Hall–Kier alpha value is -1.11. The molecule has 0 aliphatic carbocycles. The summed E-state index contributed by atoms with van der Waals surface area (Å²) < 4.78 is 26.5. The maximum Gasteiger partial charge on any atom is 0.276 e. The Bertz CT molecular complexity index is 400. The molecule has 1 rings (SSSR count). The number of aromatic hydroxyl groups is 1. The lowest BCUT2D eigenvalue weighted by Gasteiger charge is -2.04. The summed E-state index contributed by atoms with van der Waals surface area (Å²) in [6, 6.07) is 6.65. The van der Waals surface area contributed by atoms with Gasteiger partial charge in [0.25, 0.3) is 10.2 Å². The van der Waals surface area contributed by atoms with Gasteiger partial charge in [-0.1, -0.05) is 12.1 Å². The third-order valence-electron chi connectivity index (χ3n) is 1.91. The van der Waals surface area contributed by atoms with Crippen molar-refractivity contribution in [3.8, 4) is 5.75 Å². The zero-order chi connectivity index (χ0) is 11.3. The van der Waals surface area contributed by atoms with Crippen LogP contribution in [-0.4, -0.2) is 27.1 Å². The van der Waals surface area contributed by atoms with Crippen molar-refractivity contribution < 1.29 is 13.5 Å². The van der Waals surface area contributed by atoms with Gasteiger partial charge in [-0.25, -0.2) is 9.44 Å². The third-order valence-corrected chi connectivity index (χ3v) is 3.03. The van der Waals surface area contributed by atoms with Crippen molar-refractivity contribution in [2.75, 3.05) is 13.6 Å². The van der Waals surface area contributed by atoms with Crippen LogP contribution in [0.1, 0.15) is 5.56 Å². The number of rotatable bonds is 5. The van der Waals surface area contributed by atoms with E-state index in [1.807, 2.05) is 0 Å². The maximum atomic E-state index is 11.0. The fourth-order valence-corrected chi connectivity index (χ4v) is 1.58. The second kappa shape index (κ2) is 5.11. The monoisotopic (exact) mass is 230 g/mol. The molecule has 5 nitrogen and oxygen atoms in total. The summed E-state index contributed by atoms with van der Waals surface area (Å²) in [5.74, 6) is 0.203. The van der Waals surface area contributed by atoms with Crippen LogP contribution in [-0.2, 0) is 16.6 Å². The molecule has 0 aliphatic rings. The van der Waals surface area contributed by atoms with Crippen molar-refractivity contribution in [3.05, 3.63) is 29.8 Å². The molecule has 6 heteroatoms. The lowest BCUT2D eigenvalue weighted by molar-refractivity contribution is 0.475. The molecule has 0 saturated heterocycles. The Balaban J connectivity index is 2.42. The molecule has 0 aromatic heterocycles. The molecule has 1 aromatic carbocycles. The molecule has 0 atom stereocenters. The minimum Gasteiger partial charge on any atom is -0.508 e. The van der Waals surface area contributed by atoms with E-state index in [1.165, 1.54) is 7.05 Å². The number of benzene rings is 1. The van der Waals surface area contributed by atoms with Crippen molar-refractivity contribution >= 4 is 10.2 Å². The van der Waals surface area contributed by atoms with E-state index in [0.717, 1.165) is 5.56 Å². The van der Waals surface area contributed by atoms with Crippen LogP contribution >= 0.6 is 0 Å². The molecule has 0 amide bonds. The first kappa shape index (κ1) is 12.0. The van der Waals surface area contributed by atoms with Crippen LogP contribution in [0.25, 0.3) is 0 Å². The number of hydrogen-bond donors (Lipinski definition) is 3. The highest BCUT2D eigenvalue weighted by molar-refractivity contribution is 7.87. The molecule has 0 radical (unpaired) electrons. The Labute approximate surface area is 89.3 Å². The van der Waals surface area contributed by atoms with Gasteiger partial charge in [0.2, 0.25) is 0 Å². The van der Waals surface area contributed by atoms with E-state index >= 15 is 0 Å². The highest BCUT2D eigenvalue weighted by Crippen LogP contribution is 2.09. The maximum absolute atomic E-state index is 11.0. The average Bonchev–Trinajstić information content (AvgIpc) is 2.21. The van der Waals surface area contributed by atoms with E-state index in [-0.39, 0.29) is 5.75 Å². The van der Waals surface area contributed by atoms with Gasteiger partial charge < -0.3 is 5.11 Å². The summed E-state index contributed by atoms with van der Waals surface area (Å²) >= 11 is 0. The summed E-state index contributed by atoms with van der Waals surface area (Å²) in [4.78, 5) is 0. The van der Waals surface area contributed by atoms with Crippen molar-refractivity contribution in [1.82, 2.24) is 9.44 Å². The molecule has 0 bridgehead atoms. The summed E-state index contributed by atoms with van der Waals surface area (Å²) in [7, 11) is -2.00. The molecule has 0 fully saturated rings. The van der Waals surface area contributed by atoms with Gasteiger partial charge in [0.05, 0.1) is 0 Å². The predicted molar refractivity (Wildman–Crippen MR) is 57.8 cm³/mol. The molecule has 1 aromatic rings. The van der Waals surface area contributed by atoms with Crippen LogP contribution in [0.2, 0.25) is 0 Å². The summed E-state index contributed by atoms with van der Waals surface area (Å²) in [6.07, 6.45) is 0.585. The number of phenolic OH excluding ortho intramolecular Hbond substituents is 1. The average molecular weight is 230 g/mol. The lowest BCUT2D eigenvalue weighted by Crippen LogP contribution is -2.35. The van der Waals surface area contributed by atoms with Gasteiger partial charge in [0, 0.05) is 13.6 Å². The van der Waals surface area contributed by atoms with Gasteiger partial charge >= 0.3 is 0 Å². The third kappa shape index (κ3) is 4.28. The smallest absolute Gasteiger partial charge is 0.276 e. The van der Waals surface area contributed by atoms with Crippen LogP contribution in [0, 0.1) is 0 Å². The van der Waals surface area contributed by atoms with E-state index < -0.39 is 10.2 Å². The normalized spacial score (nSPS) is 11.5. The van der Waals surface area contributed by atoms with E-state index in [9.17, 15) is 8.42 Å². The number of nitrogens with one attached hydrogen (secondary N) is 2. The lowest BCUT2D eigenvalue weighted by atomic mass is 10.1. The van der Waals surface area contributed by atoms with Crippen LogP contribution in [0.5, 0.6) is 5.75 Å². The van der Waals surface area contributed by atoms with Gasteiger partial charge in [0.1, 0.15) is 5.75 Å². The summed E-state index contributed by atoms with van der Waals surface area (Å²) in [6.45, 7) is 0.327. The van der Waals surface area contributed by atoms with Crippen LogP contribution < -0.4 is 9.44 Å². The zero-order valence-electron chi connectivity index (χ0n) is 8.40. The second-order valence-electron chi connectivity index (χ2n) is 3.02. The van der Waals surface area contributed by atoms with Crippen molar-refractivity contribution in [2.45, 2.75) is 6.42 Å². The molecule has 0 unspecified atom stereocenters. The van der Waals surface area contributed by atoms with E-state index in [1.54, 1.807) is 24.3 Å². The largest absolute Gasteiger partial charge is 0.508 e. The molecular weight excluding hydrogens is 216 g/mol. The topological polar surface area (TPSA) is 78.4 Å². The molecule has 0 heterocycles. The van der Waals surface area contributed by atoms with Crippen molar-refractivity contribution in [3.63, 3.8) is 0 Å². The number of hydrogen-bond acceptors (Lipinski definition) is 3.